The zero-order valence-corrected chi connectivity index (χ0v) is 15.7. The van der Waals surface area contributed by atoms with E-state index < -0.39 is 0 Å². The van der Waals surface area contributed by atoms with E-state index in [1.807, 2.05) is 42.3 Å². The number of benzene rings is 1. The van der Waals surface area contributed by atoms with E-state index in [-0.39, 0.29) is 11.4 Å². The highest BCUT2D eigenvalue weighted by atomic mass is 16.5. The van der Waals surface area contributed by atoms with E-state index in [2.05, 4.69) is 4.90 Å². The number of likely N-dealkylation sites (tertiary alicyclic amines) is 2. The van der Waals surface area contributed by atoms with Crippen molar-refractivity contribution in [2.75, 3.05) is 40.0 Å². The topological polar surface area (TPSA) is 42.0 Å². The Bertz CT molecular complexity index is 607. The Hall–Kier alpha value is -1.43. The number of hydrogen-bond donors (Lipinski definition) is 0. The third-order valence-corrected chi connectivity index (χ3v) is 6.63. The molecular weight excluding hydrogens is 328 g/mol. The summed E-state index contributed by atoms with van der Waals surface area (Å²) in [4.78, 5) is 17.3. The Morgan fingerprint density at radius 3 is 2.54 bits per heavy atom. The molecule has 0 saturated carbocycles. The number of nitrogens with zero attached hydrogens (tertiary/aromatic N) is 2. The second-order valence-electron chi connectivity index (χ2n) is 7.87. The SMILES string of the molecule is COC1CN(C2CCN(C(=O)Cc3ccccc3)CC2)C12CCOCC2. The number of amides is 1. The number of carbonyl (C=O) groups excluding carboxylic acids is 1. The summed E-state index contributed by atoms with van der Waals surface area (Å²) in [5, 5.41) is 0. The van der Waals surface area contributed by atoms with Gasteiger partial charge >= 0.3 is 0 Å². The van der Waals surface area contributed by atoms with E-state index >= 15 is 0 Å². The van der Waals surface area contributed by atoms with Crippen molar-refractivity contribution in [1.82, 2.24) is 9.80 Å². The molecule has 5 heteroatoms. The number of methoxy groups -OCH3 is 1. The summed E-state index contributed by atoms with van der Waals surface area (Å²) in [5.74, 6) is 0.258. The molecule has 5 nitrogen and oxygen atoms in total. The van der Waals surface area contributed by atoms with Crippen LogP contribution in [0.2, 0.25) is 0 Å². The van der Waals surface area contributed by atoms with Crippen molar-refractivity contribution in [1.29, 1.82) is 0 Å². The highest BCUT2D eigenvalue weighted by molar-refractivity contribution is 5.78. The standard InChI is InChI=1S/C21H30N2O3/c1-25-19-16-23(21(19)9-13-26-14-10-21)18-7-11-22(12-8-18)20(24)15-17-5-3-2-4-6-17/h2-6,18-19H,7-16H2,1H3. The first-order valence-corrected chi connectivity index (χ1v) is 9.92. The number of rotatable bonds is 4. The fraction of sp³-hybridized carbons (Fsp3) is 0.667. The molecule has 3 heterocycles. The molecule has 1 atom stereocenters. The highest BCUT2D eigenvalue weighted by Gasteiger charge is 2.56. The van der Waals surface area contributed by atoms with Crippen LogP contribution in [0.3, 0.4) is 0 Å². The average Bonchev–Trinajstić information content (AvgIpc) is 2.69. The van der Waals surface area contributed by atoms with Crippen LogP contribution in [0.15, 0.2) is 30.3 Å². The van der Waals surface area contributed by atoms with Crippen molar-refractivity contribution < 1.29 is 14.3 Å². The quantitative estimate of drug-likeness (QED) is 0.827. The maximum atomic E-state index is 12.6. The fourth-order valence-electron chi connectivity index (χ4n) is 5.05. The molecule has 0 N–H and O–H groups in total. The molecular formula is C21H30N2O3. The molecule has 0 aliphatic carbocycles. The van der Waals surface area contributed by atoms with Crippen LogP contribution in [-0.2, 0) is 20.7 Å². The molecule has 0 aromatic heterocycles. The molecule has 1 aromatic rings. The summed E-state index contributed by atoms with van der Waals surface area (Å²) < 4.78 is 11.4. The van der Waals surface area contributed by atoms with E-state index in [1.54, 1.807) is 0 Å². The molecule has 0 bridgehead atoms. The van der Waals surface area contributed by atoms with Gasteiger partial charge in [0.1, 0.15) is 0 Å². The van der Waals surface area contributed by atoms with Crippen molar-refractivity contribution in [3.8, 4) is 0 Å². The summed E-state index contributed by atoms with van der Waals surface area (Å²) >= 11 is 0. The third kappa shape index (κ3) is 3.28. The predicted molar refractivity (Wildman–Crippen MR) is 100 cm³/mol. The minimum atomic E-state index is 0.174. The van der Waals surface area contributed by atoms with Gasteiger partial charge in [-0.2, -0.15) is 0 Å². The number of carbonyl (C=O) groups is 1. The van der Waals surface area contributed by atoms with E-state index in [4.69, 9.17) is 9.47 Å². The lowest BCUT2D eigenvalue weighted by molar-refractivity contribution is -0.208. The van der Waals surface area contributed by atoms with E-state index in [0.717, 1.165) is 64.1 Å². The van der Waals surface area contributed by atoms with Crippen LogP contribution in [0, 0.1) is 0 Å². The van der Waals surface area contributed by atoms with Crippen LogP contribution >= 0.6 is 0 Å². The Morgan fingerprint density at radius 1 is 1.19 bits per heavy atom. The Kier molecular flexibility index (Phi) is 5.30. The van der Waals surface area contributed by atoms with Gasteiger partial charge in [0.25, 0.3) is 0 Å². The van der Waals surface area contributed by atoms with Gasteiger partial charge in [-0.1, -0.05) is 30.3 Å². The lowest BCUT2D eigenvalue weighted by atomic mass is 9.73. The summed E-state index contributed by atoms with van der Waals surface area (Å²) in [7, 11) is 1.84. The lowest BCUT2D eigenvalue weighted by Gasteiger charge is -2.63. The van der Waals surface area contributed by atoms with Gasteiger partial charge in [-0.05, 0) is 31.2 Å². The van der Waals surface area contributed by atoms with Crippen LogP contribution in [-0.4, -0.2) is 73.3 Å². The van der Waals surface area contributed by atoms with Gasteiger partial charge in [0.05, 0.1) is 18.1 Å². The van der Waals surface area contributed by atoms with Gasteiger partial charge in [0.2, 0.25) is 5.91 Å². The molecule has 3 fully saturated rings. The molecule has 1 aromatic carbocycles. The normalized spacial score (nSPS) is 26.7. The van der Waals surface area contributed by atoms with Crippen molar-refractivity contribution in [3.63, 3.8) is 0 Å². The molecule has 3 aliphatic rings. The Morgan fingerprint density at radius 2 is 1.88 bits per heavy atom. The summed E-state index contributed by atoms with van der Waals surface area (Å²) in [6, 6.07) is 10.6. The molecule has 3 saturated heterocycles. The summed E-state index contributed by atoms with van der Waals surface area (Å²) in [6.07, 6.45) is 5.13. The Labute approximate surface area is 156 Å². The van der Waals surface area contributed by atoms with Crippen LogP contribution in [0.1, 0.15) is 31.2 Å². The smallest absolute Gasteiger partial charge is 0.226 e. The van der Waals surface area contributed by atoms with Crippen molar-refractivity contribution in [2.45, 2.75) is 49.8 Å². The fourth-order valence-corrected chi connectivity index (χ4v) is 5.05. The first kappa shape index (κ1) is 18.0. The maximum Gasteiger partial charge on any atom is 0.226 e. The van der Waals surface area contributed by atoms with Gasteiger partial charge in [-0.25, -0.2) is 0 Å². The van der Waals surface area contributed by atoms with Gasteiger partial charge < -0.3 is 14.4 Å². The second-order valence-corrected chi connectivity index (χ2v) is 7.87. The van der Waals surface area contributed by atoms with Gasteiger partial charge in [0, 0.05) is 46.0 Å². The first-order valence-electron chi connectivity index (χ1n) is 9.92. The van der Waals surface area contributed by atoms with Crippen LogP contribution in [0.25, 0.3) is 0 Å². The van der Waals surface area contributed by atoms with Crippen LogP contribution in [0.4, 0.5) is 0 Å². The van der Waals surface area contributed by atoms with Crippen LogP contribution in [0.5, 0.6) is 0 Å². The summed E-state index contributed by atoms with van der Waals surface area (Å²) in [5.41, 5.74) is 1.28. The van der Waals surface area contributed by atoms with Crippen molar-refractivity contribution in [3.05, 3.63) is 35.9 Å². The second kappa shape index (κ2) is 7.67. The highest BCUT2D eigenvalue weighted by Crippen LogP contribution is 2.44. The zero-order chi connectivity index (χ0) is 18.0. The number of hydrogen-bond acceptors (Lipinski definition) is 4. The minimum absolute atomic E-state index is 0.174. The third-order valence-electron chi connectivity index (χ3n) is 6.63. The van der Waals surface area contributed by atoms with Crippen molar-refractivity contribution in [2.24, 2.45) is 0 Å². The molecule has 4 rings (SSSR count). The number of ether oxygens (including phenoxy) is 2. The molecule has 3 aliphatic heterocycles. The minimum Gasteiger partial charge on any atom is -0.381 e. The molecule has 26 heavy (non-hydrogen) atoms. The first-order chi connectivity index (χ1) is 12.7. The molecule has 1 spiro atoms. The zero-order valence-electron chi connectivity index (χ0n) is 15.7. The molecule has 0 radical (unpaired) electrons. The number of piperidine rings is 1. The van der Waals surface area contributed by atoms with Gasteiger partial charge in [-0.15, -0.1) is 0 Å². The van der Waals surface area contributed by atoms with E-state index in [9.17, 15) is 4.79 Å². The maximum absolute atomic E-state index is 12.6. The molecule has 1 unspecified atom stereocenters. The molecule has 142 valence electrons. The predicted octanol–water partition coefficient (Wildman–Crippen LogP) is 2.10. The van der Waals surface area contributed by atoms with Gasteiger partial charge in [0.15, 0.2) is 0 Å². The average molecular weight is 358 g/mol. The Balaban J connectivity index is 1.33. The van der Waals surface area contributed by atoms with Gasteiger partial charge in [-0.3, -0.25) is 9.69 Å². The largest absolute Gasteiger partial charge is 0.381 e. The van der Waals surface area contributed by atoms with Crippen LogP contribution < -0.4 is 0 Å². The molecule has 1 amide bonds. The summed E-state index contributed by atoms with van der Waals surface area (Å²) in [6.45, 7) is 4.45. The lowest BCUT2D eigenvalue weighted by Crippen LogP contribution is -2.75. The monoisotopic (exact) mass is 358 g/mol. The van der Waals surface area contributed by atoms with E-state index in [1.165, 1.54) is 0 Å². The van der Waals surface area contributed by atoms with E-state index in [0.29, 0.717) is 18.6 Å². The van der Waals surface area contributed by atoms with Crippen molar-refractivity contribution >= 4 is 5.91 Å².